The SMILES string of the molecule is COc1cccc(C(=O)NCC(=O)NC2(C(=O)O)CCCC2)c1. The lowest BCUT2D eigenvalue weighted by Crippen LogP contribution is -2.54. The molecule has 1 aromatic carbocycles. The van der Waals surface area contributed by atoms with Crippen LogP contribution in [0.4, 0.5) is 0 Å². The van der Waals surface area contributed by atoms with Gasteiger partial charge in [0.15, 0.2) is 0 Å². The predicted molar refractivity (Wildman–Crippen MR) is 82.3 cm³/mol. The molecule has 1 aliphatic carbocycles. The van der Waals surface area contributed by atoms with Gasteiger partial charge in [-0.3, -0.25) is 9.59 Å². The molecule has 23 heavy (non-hydrogen) atoms. The molecule has 0 spiro atoms. The Kier molecular flexibility index (Phi) is 5.20. The largest absolute Gasteiger partial charge is 0.497 e. The van der Waals surface area contributed by atoms with E-state index in [2.05, 4.69) is 10.6 Å². The monoisotopic (exact) mass is 320 g/mol. The second-order valence-electron chi connectivity index (χ2n) is 5.56. The van der Waals surface area contributed by atoms with Crippen molar-refractivity contribution in [1.82, 2.24) is 10.6 Å². The summed E-state index contributed by atoms with van der Waals surface area (Å²) in [5, 5.41) is 14.3. The molecule has 1 fully saturated rings. The third-order valence-electron chi connectivity index (χ3n) is 3.99. The van der Waals surface area contributed by atoms with E-state index in [9.17, 15) is 19.5 Å². The molecule has 0 aliphatic heterocycles. The number of nitrogens with one attached hydrogen (secondary N) is 2. The Bertz CT molecular complexity index is 608. The number of benzene rings is 1. The number of hydrogen-bond donors (Lipinski definition) is 3. The van der Waals surface area contributed by atoms with Gasteiger partial charge in [0, 0.05) is 5.56 Å². The number of aliphatic carboxylic acids is 1. The number of carbonyl (C=O) groups excluding carboxylic acids is 2. The summed E-state index contributed by atoms with van der Waals surface area (Å²) < 4.78 is 5.03. The van der Waals surface area contributed by atoms with Crippen molar-refractivity contribution < 1.29 is 24.2 Å². The quantitative estimate of drug-likeness (QED) is 0.723. The lowest BCUT2D eigenvalue weighted by atomic mass is 9.98. The average molecular weight is 320 g/mol. The van der Waals surface area contributed by atoms with E-state index in [0.717, 1.165) is 12.8 Å². The number of hydrogen-bond acceptors (Lipinski definition) is 4. The van der Waals surface area contributed by atoms with E-state index in [1.165, 1.54) is 7.11 Å². The normalized spacial score (nSPS) is 15.7. The molecule has 0 unspecified atom stereocenters. The van der Waals surface area contributed by atoms with Gasteiger partial charge >= 0.3 is 5.97 Å². The molecule has 0 saturated heterocycles. The smallest absolute Gasteiger partial charge is 0.329 e. The molecule has 2 rings (SSSR count). The maximum atomic E-state index is 12.0. The Balaban J connectivity index is 1.91. The van der Waals surface area contributed by atoms with Gasteiger partial charge in [-0.05, 0) is 31.0 Å². The van der Waals surface area contributed by atoms with Gasteiger partial charge in [0.2, 0.25) is 5.91 Å². The minimum absolute atomic E-state index is 0.273. The highest BCUT2D eigenvalue weighted by Gasteiger charge is 2.42. The van der Waals surface area contributed by atoms with Crippen LogP contribution in [0.25, 0.3) is 0 Å². The number of ether oxygens (including phenoxy) is 1. The van der Waals surface area contributed by atoms with Crippen molar-refractivity contribution in [1.29, 1.82) is 0 Å². The zero-order valence-electron chi connectivity index (χ0n) is 12.9. The molecule has 1 saturated carbocycles. The summed E-state index contributed by atoms with van der Waals surface area (Å²) in [4.78, 5) is 35.3. The summed E-state index contributed by atoms with van der Waals surface area (Å²) in [6.45, 7) is -0.273. The van der Waals surface area contributed by atoms with Crippen LogP contribution in [0.15, 0.2) is 24.3 Å². The molecule has 0 atom stereocenters. The van der Waals surface area contributed by atoms with Crippen molar-refractivity contribution in [2.45, 2.75) is 31.2 Å². The van der Waals surface area contributed by atoms with Crippen LogP contribution >= 0.6 is 0 Å². The van der Waals surface area contributed by atoms with E-state index in [1.807, 2.05) is 0 Å². The van der Waals surface area contributed by atoms with Gasteiger partial charge in [-0.2, -0.15) is 0 Å². The van der Waals surface area contributed by atoms with Crippen LogP contribution in [-0.2, 0) is 9.59 Å². The Labute approximate surface area is 134 Å². The van der Waals surface area contributed by atoms with Crippen molar-refractivity contribution in [3.05, 3.63) is 29.8 Å². The van der Waals surface area contributed by atoms with Crippen LogP contribution in [0.5, 0.6) is 5.75 Å². The molecule has 3 N–H and O–H groups in total. The van der Waals surface area contributed by atoms with E-state index >= 15 is 0 Å². The number of amides is 2. The molecule has 2 amide bonds. The summed E-state index contributed by atoms with van der Waals surface area (Å²) >= 11 is 0. The van der Waals surface area contributed by atoms with Crippen molar-refractivity contribution in [2.24, 2.45) is 0 Å². The standard InChI is InChI=1S/C16H20N2O5/c1-23-12-6-4-5-11(9-12)14(20)17-10-13(19)18-16(15(21)22)7-2-3-8-16/h4-6,9H,2-3,7-8,10H2,1H3,(H,17,20)(H,18,19)(H,21,22). The van der Waals surface area contributed by atoms with Gasteiger partial charge in [0.05, 0.1) is 13.7 Å². The molecule has 0 bridgehead atoms. The minimum atomic E-state index is -1.20. The van der Waals surface area contributed by atoms with Gasteiger partial charge in [0.25, 0.3) is 5.91 Å². The fraction of sp³-hybridized carbons (Fsp3) is 0.438. The first kappa shape index (κ1) is 16.8. The number of methoxy groups -OCH3 is 1. The molecule has 0 heterocycles. The van der Waals surface area contributed by atoms with Gasteiger partial charge in [-0.1, -0.05) is 18.9 Å². The zero-order chi connectivity index (χ0) is 16.9. The molecule has 0 aromatic heterocycles. The Morgan fingerprint density at radius 3 is 2.57 bits per heavy atom. The van der Waals surface area contributed by atoms with E-state index in [0.29, 0.717) is 24.2 Å². The van der Waals surface area contributed by atoms with Gasteiger partial charge < -0.3 is 20.5 Å². The first-order chi connectivity index (χ1) is 11.0. The minimum Gasteiger partial charge on any atom is -0.497 e. The lowest BCUT2D eigenvalue weighted by Gasteiger charge is -2.25. The van der Waals surface area contributed by atoms with Crippen LogP contribution in [0, 0.1) is 0 Å². The topological polar surface area (TPSA) is 105 Å². The highest BCUT2D eigenvalue weighted by atomic mass is 16.5. The summed E-state index contributed by atoms with van der Waals surface area (Å²) in [6.07, 6.45) is 2.36. The summed E-state index contributed by atoms with van der Waals surface area (Å²) in [5.41, 5.74) is -0.830. The van der Waals surface area contributed by atoms with Crippen molar-refractivity contribution in [3.63, 3.8) is 0 Å². The van der Waals surface area contributed by atoms with Crippen molar-refractivity contribution in [2.75, 3.05) is 13.7 Å². The highest BCUT2D eigenvalue weighted by molar-refractivity contribution is 5.97. The van der Waals surface area contributed by atoms with Crippen LogP contribution in [0.2, 0.25) is 0 Å². The van der Waals surface area contributed by atoms with E-state index in [1.54, 1.807) is 24.3 Å². The number of carboxylic acid groups (broad SMARTS) is 1. The third kappa shape index (κ3) is 4.00. The van der Waals surface area contributed by atoms with Crippen LogP contribution < -0.4 is 15.4 Å². The first-order valence-electron chi connectivity index (χ1n) is 7.43. The Morgan fingerprint density at radius 2 is 1.96 bits per heavy atom. The van der Waals surface area contributed by atoms with Gasteiger partial charge in [-0.15, -0.1) is 0 Å². The fourth-order valence-corrected chi connectivity index (χ4v) is 2.71. The lowest BCUT2D eigenvalue weighted by molar-refractivity contribution is -0.147. The van der Waals surface area contributed by atoms with E-state index < -0.39 is 23.3 Å². The second-order valence-corrected chi connectivity index (χ2v) is 5.56. The van der Waals surface area contributed by atoms with Gasteiger partial charge in [0.1, 0.15) is 11.3 Å². The third-order valence-corrected chi connectivity index (χ3v) is 3.99. The summed E-state index contributed by atoms with van der Waals surface area (Å²) in [6, 6.07) is 6.54. The summed E-state index contributed by atoms with van der Waals surface area (Å²) in [5.74, 6) is -1.42. The molecule has 124 valence electrons. The molecule has 0 radical (unpaired) electrons. The van der Waals surface area contributed by atoms with Crippen molar-refractivity contribution in [3.8, 4) is 5.75 Å². The fourth-order valence-electron chi connectivity index (χ4n) is 2.71. The van der Waals surface area contributed by atoms with Crippen LogP contribution in [0.3, 0.4) is 0 Å². The molecule has 7 nitrogen and oxygen atoms in total. The van der Waals surface area contributed by atoms with Crippen LogP contribution in [-0.4, -0.2) is 42.1 Å². The molecule has 1 aromatic rings. The van der Waals surface area contributed by atoms with Crippen LogP contribution in [0.1, 0.15) is 36.0 Å². The highest BCUT2D eigenvalue weighted by Crippen LogP contribution is 2.29. The molecule has 1 aliphatic rings. The molecular formula is C16H20N2O5. The summed E-state index contributed by atoms with van der Waals surface area (Å²) in [7, 11) is 1.50. The Hall–Kier alpha value is -2.57. The number of carbonyl (C=O) groups is 3. The van der Waals surface area contributed by atoms with Crippen molar-refractivity contribution >= 4 is 17.8 Å². The molecular weight excluding hydrogens is 300 g/mol. The van der Waals surface area contributed by atoms with E-state index in [-0.39, 0.29) is 6.54 Å². The number of carboxylic acids is 1. The maximum Gasteiger partial charge on any atom is 0.329 e. The average Bonchev–Trinajstić information content (AvgIpc) is 3.02. The first-order valence-corrected chi connectivity index (χ1v) is 7.43. The maximum absolute atomic E-state index is 12.0. The van der Waals surface area contributed by atoms with Gasteiger partial charge in [-0.25, -0.2) is 4.79 Å². The second kappa shape index (κ2) is 7.13. The number of rotatable bonds is 6. The predicted octanol–water partition coefficient (Wildman–Crippen LogP) is 0.939. The Morgan fingerprint density at radius 1 is 1.26 bits per heavy atom. The zero-order valence-corrected chi connectivity index (χ0v) is 12.9. The van der Waals surface area contributed by atoms with E-state index in [4.69, 9.17) is 4.74 Å². The molecule has 7 heteroatoms.